The topological polar surface area (TPSA) is 72.8 Å². The molecular weight excluding hydrogens is 440 g/mol. The number of hydrogen-bond donors (Lipinski definition) is 1. The van der Waals surface area contributed by atoms with Crippen LogP contribution in [0.4, 0.5) is 0 Å². The van der Waals surface area contributed by atoms with Crippen molar-refractivity contribution < 1.29 is 24.2 Å². The summed E-state index contributed by atoms with van der Waals surface area (Å²) in [5.41, 5.74) is 2.54. The molecule has 0 bridgehead atoms. The summed E-state index contributed by atoms with van der Waals surface area (Å²) >= 11 is 0. The molecule has 0 radical (unpaired) electrons. The number of carbonyl (C=O) groups excluding carboxylic acids is 2. The van der Waals surface area contributed by atoms with Crippen LogP contribution in [-0.2, 0) is 25.5 Å². The van der Waals surface area contributed by atoms with E-state index in [-0.39, 0.29) is 24.7 Å². The van der Waals surface area contributed by atoms with Gasteiger partial charge in [-0.05, 0) is 42.7 Å². The van der Waals surface area contributed by atoms with Gasteiger partial charge in [-0.3, -0.25) is 0 Å². The van der Waals surface area contributed by atoms with Crippen molar-refractivity contribution in [2.24, 2.45) is 11.8 Å². The van der Waals surface area contributed by atoms with Crippen molar-refractivity contribution in [1.82, 2.24) is 0 Å². The maximum absolute atomic E-state index is 11.9. The maximum atomic E-state index is 11.9. The molecule has 35 heavy (non-hydrogen) atoms. The van der Waals surface area contributed by atoms with Gasteiger partial charge in [0.1, 0.15) is 13.2 Å². The summed E-state index contributed by atoms with van der Waals surface area (Å²) in [6, 6.07) is 8.28. The number of ether oxygens (including phenoxy) is 2. The zero-order valence-electron chi connectivity index (χ0n) is 21.7. The SMILES string of the molecule is C=C(C)C(=O)OCC(COC(=O)C(=C)CO)c1ccc(CCC2CCC(CCCCC)CC2)cc1. The summed E-state index contributed by atoms with van der Waals surface area (Å²) in [4.78, 5) is 23.8. The molecule has 1 aliphatic carbocycles. The Balaban J connectivity index is 1.88. The Morgan fingerprint density at radius 3 is 2.06 bits per heavy atom. The van der Waals surface area contributed by atoms with Crippen LogP contribution < -0.4 is 0 Å². The molecule has 1 aliphatic rings. The van der Waals surface area contributed by atoms with E-state index in [1.807, 2.05) is 12.1 Å². The van der Waals surface area contributed by atoms with Crippen LogP contribution >= 0.6 is 0 Å². The predicted molar refractivity (Wildman–Crippen MR) is 140 cm³/mol. The average Bonchev–Trinajstić information content (AvgIpc) is 2.87. The molecule has 194 valence electrons. The molecule has 5 heteroatoms. The lowest BCUT2D eigenvalue weighted by molar-refractivity contribution is -0.142. The molecule has 0 spiro atoms. The van der Waals surface area contributed by atoms with E-state index < -0.39 is 18.5 Å². The average molecular weight is 485 g/mol. The lowest BCUT2D eigenvalue weighted by Gasteiger charge is -2.28. The lowest BCUT2D eigenvalue weighted by Crippen LogP contribution is -2.21. The highest BCUT2D eigenvalue weighted by atomic mass is 16.5. The first-order valence-corrected chi connectivity index (χ1v) is 13.2. The number of unbranched alkanes of at least 4 members (excludes halogenated alkanes) is 2. The largest absolute Gasteiger partial charge is 0.462 e. The predicted octanol–water partition coefficient (Wildman–Crippen LogP) is 6.30. The standard InChI is InChI=1S/C30H44O5/c1-5-6-7-8-24-9-11-25(12-10-24)13-14-26-15-17-27(18-16-26)28(20-34-29(32)22(2)3)21-35-30(33)23(4)19-31/h15-18,24-25,28,31H,2,4-14,19-21H2,1,3H3. The first-order chi connectivity index (χ1) is 16.8. The van der Waals surface area contributed by atoms with Crippen molar-refractivity contribution in [2.45, 2.75) is 84.0 Å². The summed E-state index contributed by atoms with van der Waals surface area (Å²) in [6.45, 7) is 10.6. The van der Waals surface area contributed by atoms with Gasteiger partial charge >= 0.3 is 11.9 Å². The zero-order chi connectivity index (χ0) is 25.6. The van der Waals surface area contributed by atoms with E-state index in [9.17, 15) is 9.59 Å². The molecule has 1 aromatic carbocycles. The summed E-state index contributed by atoms with van der Waals surface area (Å²) in [6.07, 6.45) is 13.2. The number of hydrogen-bond acceptors (Lipinski definition) is 5. The number of rotatable bonds is 15. The molecule has 1 atom stereocenters. The molecular formula is C30H44O5. The van der Waals surface area contributed by atoms with Crippen molar-refractivity contribution in [3.05, 3.63) is 59.7 Å². The van der Waals surface area contributed by atoms with Crippen LogP contribution in [0.1, 0.15) is 88.7 Å². The van der Waals surface area contributed by atoms with Gasteiger partial charge in [-0.2, -0.15) is 0 Å². The molecule has 0 aromatic heterocycles. The van der Waals surface area contributed by atoms with E-state index in [2.05, 4.69) is 32.2 Å². The molecule has 1 saturated carbocycles. The van der Waals surface area contributed by atoms with Crippen molar-refractivity contribution in [1.29, 1.82) is 0 Å². The molecule has 5 nitrogen and oxygen atoms in total. The molecule has 1 fully saturated rings. The van der Waals surface area contributed by atoms with E-state index in [0.29, 0.717) is 5.57 Å². The van der Waals surface area contributed by atoms with E-state index in [0.717, 1.165) is 23.8 Å². The van der Waals surface area contributed by atoms with Crippen molar-refractivity contribution in [3.63, 3.8) is 0 Å². The Morgan fingerprint density at radius 2 is 1.51 bits per heavy atom. The normalized spacial score (nSPS) is 18.5. The first-order valence-electron chi connectivity index (χ1n) is 13.2. The summed E-state index contributed by atoms with van der Waals surface area (Å²) in [5.74, 6) is 0.325. The number of aliphatic hydroxyl groups is 1. The van der Waals surface area contributed by atoms with Gasteiger partial charge in [0.05, 0.1) is 18.1 Å². The van der Waals surface area contributed by atoms with Crippen LogP contribution in [0.2, 0.25) is 0 Å². The highest BCUT2D eigenvalue weighted by molar-refractivity contribution is 5.88. The van der Waals surface area contributed by atoms with E-state index in [1.165, 1.54) is 63.4 Å². The van der Waals surface area contributed by atoms with E-state index in [4.69, 9.17) is 14.6 Å². The minimum absolute atomic E-state index is 0.00646. The van der Waals surface area contributed by atoms with E-state index in [1.54, 1.807) is 6.92 Å². The Labute approximate surface area is 211 Å². The number of aliphatic hydroxyl groups excluding tert-OH is 1. The van der Waals surface area contributed by atoms with Gasteiger partial charge in [-0.25, -0.2) is 9.59 Å². The molecule has 0 aliphatic heterocycles. The van der Waals surface area contributed by atoms with Crippen LogP contribution in [0.15, 0.2) is 48.6 Å². The van der Waals surface area contributed by atoms with Gasteiger partial charge in [0.15, 0.2) is 0 Å². The molecule has 0 saturated heterocycles. The first kappa shape index (κ1) is 28.8. The summed E-state index contributed by atoms with van der Waals surface area (Å²) in [7, 11) is 0. The van der Waals surface area contributed by atoms with Gasteiger partial charge in [0, 0.05) is 5.57 Å². The van der Waals surface area contributed by atoms with Gasteiger partial charge in [-0.15, -0.1) is 0 Å². The van der Waals surface area contributed by atoms with Crippen molar-refractivity contribution in [3.8, 4) is 0 Å². The van der Waals surface area contributed by atoms with Crippen LogP contribution in [-0.4, -0.2) is 36.9 Å². The zero-order valence-corrected chi connectivity index (χ0v) is 21.7. The number of benzene rings is 1. The third-order valence-electron chi connectivity index (χ3n) is 7.13. The molecule has 1 unspecified atom stereocenters. The quantitative estimate of drug-likeness (QED) is 0.180. The highest BCUT2D eigenvalue weighted by Crippen LogP contribution is 2.34. The van der Waals surface area contributed by atoms with Gasteiger partial charge < -0.3 is 14.6 Å². The van der Waals surface area contributed by atoms with Crippen molar-refractivity contribution in [2.75, 3.05) is 19.8 Å². The second-order valence-corrected chi connectivity index (χ2v) is 10.1. The fraction of sp³-hybridized carbons (Fsp3) is 0.600. The molecule has 1 aromatic rings. The third kappa shape index (κ3) is 10.4. The number of aryl methyl sites for hydroxylation is 1. The Bertz CT molecular complexity index is 818. The Hall–Kier alpha value is -2.40. The third-order valence-corrected chi connectivity index (χ3v) is 7.13. The van der Waals surface area contributed by atoms with Crippen LogP contribution in [0.5, 0.6) is 0 Å². The molecule has 1 N–H and O–H groups in total. The van der Waals surface area contributed by atoms with Crippen LogP contribution in [0.25, 0.3) is 0 Å². The summed E-state index contributed by atoms with van der Waals surface area (Å²) in [5, 5.41) is 9.08. The second kappa shape index (κ2) is 15.6. The van der Waals surface area contributed by atoms with Crippen molar-refractivity contribution >= 4 is 11.9 Å². The fourth-order valence-electron chi connectivity index (χ4n) is 4.70. The second-order valence-electron chi connectivity index (χ2n) is 10.1. The van der Waals surface area contributed by atoms with Gasteiger partial charge in [0.2, 0.25) is 0 Å². The van der Waals surface area contributed by atoms with Crippen LogP contribution in [0.3, 0.4) is 0 Å². The summed E-state index contributed by atoms with van der Waals surface area (Å²) < 4.78 is 10.6. The number of esters is 2. The highest BCUT2D eigenvalue weighted by Gasteiger charge is 2.21. The smallest absolute Gasteiger partial charge is 0.335 e. The molecule has 2 rings (SSSR count). The fourth-order valence-corrected chi connectivity index (χ4v) is 4.70. The molecule has 0 heterocycles. The van der Waals surface area contributed by atoms with Crippen LogP contribution in [0, 0.1) is 11.8 Å². The lowest BCUT2D eigenvalue weighted by atomic mass is 9.77. The van der Waals surface area contributed by atoms with Gasteiger partial charge in [0.25, 0.3) is 0 Å². The van der Waals surface area contributed by atoms with Gasteiger partial charge in [-0.1, -0.05) is 95.7 Å². The Morgan fingerprint density at radius 1 is 0.943 bits per heavy atom. The Kier molecular flexibility index (Phi) is 12.8. The minimum atomic E-state index is -0.652. The number of carbonyl (C=O) groups is 2. The molecule has 0 amide bonds. The monoisotopic (exact) mass is 484 g/mol. The van der Waals surface area contributed by atoms with E-state index >= 15 is 0 Å². The maximum Gasteiger partial charge on any atom is 0.335 e. The minimum Gasteiger partial charge on any atom is -0.462 e.